The van der Waals surface area contributed by atoms with Crippen molar-refractivity contribution in [3.05, 3.63) is 35.9 Å². The fraction of sp³-hybridized carbons (Fsp3) is 0.588. The van der Waals surface area contributed by atoms with Crippen molar-refractivity contribution in [2.75, 3.05) is 19.6 Å². The first-order chi connectivity index (χ1) is 9.11. The summed E-state index contributed by atoms with van der Waals surface area (Å²) in [6.07, 6.45) is 3.78. The molecule has 0 radical (unpaired) electrons. The van der Waals surface area contributed by atoms with Crippen molar-refractivity contribution in [3.63, 3.8) is 0 Å². The molecular formula is C17H24N2. The summed E-state index contributed by atoms with van der Waals surface area (Å²) in [5.41, 5.74) is 1.61. The van der Waals surface area contributed by atoms with Gasteiger partial charge in [0.25, 0.3) is 0 Å². The van der Waals surface area contributed by atoms with Crippen molar-refractivity contribution in [2.45, 2.75) is 39.0 Å². The Hall–Kier alpha value is -1.33. The van der Waals surface area contributed by atoms with Gasteiger partial charge >= 0.3 is 0 Å². The van der Waals surface area contributed by atoms with Gasteiger partial charge in [0, 0.05) is 6.54 Å². The Morgan fingerprint density at radius 2 is 1.95 bits per heavy atom. The van der Waals surface area contributed by atoms with Crippen LogP contribution in [-0.4, -0.2) is 24.5 Å². The lowest BCUT2D eigenvalue weighted by atomic mass is 9.85. The van der Waals surface area contributed by atoms with E-state index >= 15 is 0 Å². The molecule has 1 atom stereocenters. The van der Waals surface area contributed by atoms with Crippen LogP contribution in [-0.2, 0) is 0 Å². The Labute approximate surface area is 117 Å². The van der Waals surface area contributed by atoms with Crippen LogP contribution < -0.4 is 0 Å². The Balaban J connectivity index is 1.98. The second-order valence-electron chi connectivity index (χ2n) is 6.41. The van der Waals surface area contributed by atoms with E-state index in [0.29, 0.717) is 5.41 Å². The summed E-state index contributed by atoms with van der Waals surface area (Å²) in [6, 6.07) is 12.6. The Kier molecular flexibility index (Phi) is 4.61. The number of nitrogens with zero attached hydrogens (tertiary/aromatic N) is 2. The van der Waals surface area contributed by atoms with Gasteiger partial charge in [-0.05, 0) is 43.3 Å². The SMILES string of the molecule is CC1(C)CCCN(CC(C#N)c2ccccc2)CC1. The molecule has 0 saturated carbocycles. The molecule has 0 aromatic heterocycles. The molecule has 0 bridgehead atoms. The van der Waals surface area contributed by atoms with E-state index < -0.39 is 0 Å². The predicted molar refractivity (Wildman–Crippen MR) is 78.9 cm³/mol. The Morgan fingerprint density at radius 1 is 1.21 bits per heavy atom. The smallest absolute Gasteiger partial charge is 0.0839 e. The molecule has 0 aliphatic carbocycles. The van der Waals surface area contributed by atoms with Crippen LogP contribution in [0.15, 0.2) is 30.3 Å². The molecule has 19 heavy (non-hydrogen) atoms. The van der Waals surface area contributed by atoms with Gasteiger partial charge in [-0.2, -0.15) is 5.26 Å². The molecule has 1 aliphatic heterocycles. The second-order valence-corrected chi connectivity index (χ2v) is 6.41. The number of nitriles is 1. The fourth-order valence-electron chi connectivity index (χ4n) is 2.83. The average Bonchev–Trinajstić information content (AvgIpc) is 2.58. The van der Waals surface area contributed by atoms with E-state index in [1.165, 1.54) is 19.3 Å². The fourth-order valence-corrected chi connectivity index (χ4v) is 2.83. The van der Waals surface area contributed by atoms with Gasteiger partial charge in [0.2, 0.25) is 0 Å². The van der Waals surface area contributed by atoms with Gasteiger partial charge in [0.1, 0.15) is 0 Å². The van der Waals surface area contributed by atoms with E-state index in [9.17, 15) is 5.26 Å². The molecule has 0 amide bonds. The highest BCUT2D eigenvalue weighted by Gasteiger charge is 2.24. The first-order valence-corrected chi connectivity index (χ1v) is 7.28. The van der Waals surface area contributed by atoms with Gasteiger partial charge in [-0.3, -0.25) is 0 Å². The molecule has 1 unspecified atom stereocenters. The van der Waals surface area contributed by atoms with Gasteiger partial charge in [-0.15, -0.1) is 0 Å². The maximum atomic E-state index is 9.41. The summed E-state index contributed by atoms with van der Waals surface area (Å²) in [5, 5.41) is 9.41. The van der Waals surface area contributed by atoms with E-state index in [2.05, 4.69) is 36.9 Å². The van der Waals surface area contributed by atoms with Crippen molar-refractivity contribution >= 4 is 0 Å². The Morgan fingerprint density at radius 3 is 2.63 bits per heavy atom. The average molecular weight is 256 g/mol. The maximum Gasteiger partial charge on any atom is 0.0839 e. The molecular weight excluding hydrogens is 232 g/mol. The second kappa shape index (κ2) is 6.21. The number of rotatable bonds is 3. The van der Waals surface area contributed by atoms with Gasteiger partial charge in [0.05, 0.1) is 12.0 Å². The van der Waals surface area contributed by atoms with Crippen LogP contribution in [0.4, 0.5) is 0 Å². The summed E-state index contributed by atoms with van der Waals surface area (Å²) in [4.78, 5) is 2.47. The van der Waals surface area contributed by atoms with E-state index in [0.717, 1.165) is 25.2 Å². The lowest BCUT2D eigenvalue weighted by Crippen LogP contribution is -2.29. The van der Waals surface area contributed by atoms with Crippen molar-refractivity contribution in [3.8, 4) is 6.07 Å². The molecule has 1 fully saturated rings. The molecule has 1 saturated heterocycles. The molecule has 2 rings (SSSR count). The van der Waals surface area contributed by atoms with Crippen LogP contribution in [0.5, 0.6) is 0 Å². The molecule has 0 N–H and O–H groups in total. The van der Waals surface area contributed by atoms with Gasteiger partial charge in [-0.1, -0.05) is 44.2 Å². The zero-order chi connectivity index (χ0) is 13.7. The summed E-state index contributed by atoms with van der Waals surface area (Å²) < 4.78 is 0. The van der Waals surface area contributed by atoms with Crippen LogP contribution in [0.2, 0.25) is 0 Å². The first-order valence-electron chi connectivity index (χ1n) is 7.28. The molecule has 1 aliphatic rings. The standard InChI is InChI=1S/C17H24N2/c1-17(2)9-6-11-19(12-10-17)14-16(13-18)15-7-4-3-5-8-15/h3-5,7-8,16H,6,9-12,14H2,1-2H3. The predicted octanol–water partition coefficient (Wildman–Crippen LogP) is 3.81. The molecule has 1 aromatic rings. The third kappa shape index (κ3) is 4.08. The topological polar surface area (TPSA) is 27.0 Å². The Bertz CT molecular complexity index is 430. The van der Waals surface area contributed by atoms with Crippen molar-refractivity contribution in [1.29, 1.82) is 5.26 Å². The quantitative estimate of drug-likeness (QED) is 0.822. The minimum Gasteiger partial charge on any atom is -0.302 e. The lowest BCUT2D eigenvalue weighted by molar-refractivity contribution is 0.258. The van der Waals surface area contributed by atoms with Crippen LogP contribution >= 0.6 is 0 Å². The van der Waals surface area contributed by atoms with Gasteiger partial charge < -0.3 is 4.90 Å². The zero-order valence-corrected chi connectivity index (χ0v) is 12.1. The normalized spacial score (nSPS) is 21.3. The van der Waals surface area contributed by atoms with Gasteiger partial charge in [0.15, 0.2) is 0 Å². The van der Waals surface area contributed by atoms with Crippen LogP contribution in [0, 0.1) is 16.7 Å². The molecule has 2 heteroatoms. The third-order valence-corrected chi connectivity index (χ3v) is 4.23. The highest BCUT2D eigenvalue weighted by atomic mass is 15.1. The third-order valence-electron chi connectivity index (χ3n) is 4.23. The lowest BCUT2D eigenvalue weighted by Gasteiger charge is -2.24. The van der Waals surface area contributed by atoms with Crippen LogP contribution in [0.3, 0.4) is 0 Å². The largest absolute Gasteiger partial charge is 0.302 e. The minimum absolute atomic E-state index is 0.00223. The molecule has 0 spiro atoms. The van der Waals surface area contributed by atoms with Crippen molar-refractivity contribution < 1.29 is 0 Å². The monoisotopic (exact) mass is 256 g/mol. The number of benzene rings is 1. The first kappa shape index (κ1) is 14.1. The number of hydrogen-bond donors (Lipinski definition) is 0. The summed E-state index contributed by atoms with van der Waals surface area (Å²) >= 11 is 0. The highest BCUT2D eigenvalue weighted by Crippen LogP contribution is 2.30. The number of hydrogen-bond acceptors (Lipinski definition) is 2. The minimum atomic E-state index is 0.00223. The highest BCUT2D eigenvalue weighted by molar-refractivity contribution is 5.25. The summed E-state index contributed by atoms with van der Waals surface area (Å²) in [7, 11) is 0. The van der Waals surface area contributed by atoms with E-state index in [-0.39, 0.29) is 5.92 Å². The molecule has 102 valence electrons. The molecule has 2 nitrogen and oxygen atoms in total. The zero-order valence-electron chi connectivity index (χ0n) is 12.1. The van der Waals surface area contributed by atoms with E-state index in [1.54, 1.807) is 0 Å². The summed E-state index contributed by atoms with van der Waals surface area (Å²) in [6.45, 7) is 7.84. The van der Waals surface area contributed by atoms with Crippen molar-refractivity contribution in [1.82, 2.24) is 4.90 Å². The van der Waals surface area contributed by atoms with Crippen LogP contribution in [0.1, 0.15) is 44.6 Å². The van der Waals surface area contributed by atoms with Gasteiger partial charge in [-0.25, -0.2) is 0 Å². The van der Waals surface area contributed by atoms with E-state index in [4.69, 9.17) is 0 Å². The molecule has 1 heterocycles. The summed E-state index contributed by atoms with van der Waals surface area (Å²) in [5.74, 6) is 0.00223. The van der Waals surface area contributed by atoms with E-state index in [1.807, 2.05) is 18.2 Å². The number of likely N-dealkylation sites (tertiary alicyclic amines) is 1. The van der Waals surface area contributed by atoms with Crippen LogP contribution in [0.25, 0.3) is 0 Å². The van der Waals surface area contributed by atoms with Crippen molar-refractivity contribution in [2.24, 2.45) is 5.41 Å². The maximum absolute atomic E-state index is 9.41. The molecule has 1 aromatic carbocycles.